The first-order chi connectivity index (χ1) is 7.20. The monoisotopic (exact) mass is 211 g/mol. The standard InChI is InChI=1S/C8H13N5O2/c1-9-6-2-3-7(4-6)12-10-5-8(11-12)13(14)15/h5-7,9H,2-4H2,1H3. The summed E-state index contributed by atoms with van der Waals surface area (Å²) >= 11 is 0. The molecule has 7 heteroatoms. The molecule has 2 atom stereocenters. The van der Waals surface area contributed by atoms with E-state index in [2.05, 4.69) is 15.5 Å². The topological polar surface area (TPSA) is 85.9 Å². The first-order valence-corrected chi connectivity index (χ1v) is 4.94. The fourth-order valence-electron chi connectivity index (χ4n) is 1.96. The lowest BCUT2D eigenvalue weighted by atomic mass is 10.2. The minimum Gasteiger partial charge on any atom is -0.358 e. The summed E-state index contributed by atoms with van der Waals surface area (Å²) < 4.78 is 0. The Labute approximate surface area is 86.6 Å². The molecule has 1 heterocycles. The third kappa shape index (κ3) is 1.96. The van der Waals surface area contributed by atoms with Gasteiger partial charge in [0.15, 0.2) is 6.20 Å². The van der Waals surface area contributed by atoms with E-state index in [0.717, 1.165) is 19.3 Å². The molecule has 0 spiro atoms. The van der Waals surface area contributed by atoms with Gasteiger partial charge >= 0.3 is 5.82 Å². The minimum atomic E-state index is -0.520. The lowest BCUT2D eigenvalue weighted by Crippen LogP contribution is -2.22. The van der Waals surface area contributed by atoms with Crippen LogP contribution in [0.15, 0.2) is 6.20 Å². The van der Waals surface area contributed by atoms with Crippen LogP contribution in [0.3, 0.4) is 0 Å². The van der Waals surface area contributed by atoms with E-state index in [1.165, 1.54) is 11.0 Å². The van der Waals surface area contributed by atoms with Crippen LogP contribution in [-0.2, 0) is 0 Å². The van der Waals surface area contributed by atoms with E-state index in [-0.39, 0.29) is 11.9 Å². The predicted octanol–water partition coefficient (Wildman–Crippen LogP) is 0.499. The predicted molar refractivity (Wildman–Crippen MR) is 52.4 cm³/mol. The molecule has 0 saturated heterocycles. The van der Waals surface area contributed by atoms with Crippen molar-refractivity contribution in [2.75, 3.05) is 7.05 Å². The Morgan fingerprint density at radius 3 is 3.00 bits per heavy atom. The highest BCUT2D eigenvalue weighted by Gasteiger charge is 2.29. The van der Waals surface area contributed by atoms with E-state index in [0.29, 0.717) is 6.04 Å². The van der Waals surface area contributed by atoms with Gasteiger partial charge in [-0.3, -0.25) is 0 Å². The third-order valence-corrected chi connectivity index (χ3v) is 2.82. The third-order valence-electron chi connectivity index (χ3n) is 2.82. The second-order valence-electron chi connectivity index (χ2n) is 3.73. The van der Waals surface area contributed by atoms with Crippen molar-refractivity contribution in [3.05, 3.63) is 16.3 Å². The second kappa shape index (κ2) is 3.93. The van der Waals surface area contributed by atoms with E-state index in [1.807, 2.05) is 7.05 Å². The molecule has 15 heavy (non-hydrogen) atoms. The molecule has 2 rings (SSSR count). The normalized spacial score (nSPS) is 25.7. The van der Waals surface area contributed by atoms with Crippen LogP contribution in [0.5, 0.6) is 0 Å². The van der Waals surface area contributed by atoms with Crippen molar-refractivity contribution in [2.24, 2.45) is 0 Å². The lowest BCUT2D eigenvalue weighted by molar-refractivity contribution is -0.389. The number of aromatic nitrogens is 3. The molecule has 0 radical (unpaired) electrons. The maximum absolute atomic E-state index is 10.4. The largest absolute Gasteiger partial charge is 0.410 e. The molecular weight excluding hydrogens is 198 g/mol. The molecule has 0 aromatic carbocycles. The number of hydrogen-bond acceptors (Lipinski definition) is 5. The van der Waals surface area contributed by atoms with Crippen LogP contribution in [0.2, 0.25) is 0 Å². The summed E-state index contributed by atoms with van der Waals surface area (Å²) in [6.45, 7) is 0. The Kier molecular flexibility index (Phi) is 2.63. The van der Waals surface area contributed by atoms with Crippen molar-refractivity contribution in [2.45, 2.75) is 31.3 Å². The second-order valence-corrected chi connectivity index (χ2v) is 3.73. The van der Waals surface area contributed by atoms with Gasteiger partial charge in [0.1, 0.15) is 0 Å². The van der Waals surface area contributed by atoms with Gasteiger partial charge in [0.2, 0.25) is 0 Å². The van der Waals surface area contributed by atoms with Crippen molar-refractivity contribution in [3.8, 4) is 0 Å². The van der Waals surface area contributed by atoms with Gasteiger partial charge in [-0.2, -0.15) is 0 Å². The molecule has 7 nitrogen and oxygen atoms in total. The van der Waals surface area contributed by atoms with Gasteiger partial charge in [-0.1, -0.05) is 4.80 Å². The maximum atomic E-state index is 10.4. The first-order valence-electron chi connectivity index (χ1n) is 4.94. The Balaban J connectivity index is 2.07. The van der Waals surface area contributed by atoms with Gasteiger partial charge in [0, 0.05) is 6.04 Å². The molecule has 1 aromatic rings. The van der Waals surface area contributed by atoms with Crippen LogP contribution < -0.4 is 5.32 Å². The van der Waals surface area contributed by atoms with Crippen LogP contribution in [-0.4, -0.2) is 33.0 Å². The van der Waals surface area contributed by atoms with E-state index < -0.39 is 4.92 Å². The number of rotatable bonds is 3. The van der Waals surface area contributed by atoms with Gasteiger partial charge < -0.3 is 15.4 Å². The fourth-order valence-corrected chi connectivity index (χ4v) is 1.96. The minimum absolute atomic E-state index is 0.178. The maximum Gasteiger partial charge on any atom is 0.410 e. The van der Waals surface area contributed by atoms with Crippen LogP contribution >= 0.6 is 0 Å². The highest BCUT2D eigenvalue weighted by atomic mass is 16.6. The van der Waals surface area contributed by atoms with E-state index in [1.54, 1.807) is 0 Å². The van der Waals surface area contributed by atoms with Crippen molar-refractivity contribution in [1.29, 1.82) is 0 Å². The molecule has 82 valence electrons. The van der Waals surface area contributed by atoms with Gasteiger partial charge in [0.25, 0.3) is 0 Å². The van der Waals surface area contributed by atoms with Crippen molar-refractivity contribution in [3.63, 3.8) is 0 Å². The zero-order chi connectivity index (χ0) is 10.8. The summed E-state index contributed by atoms with van der Waals surface area (Å²) in [5.74, 6) is -0.178. The lowest BCUT2D eigenvalue weighted by Gasteiger charge is -2.06. The molecule has 0 amide bonds. The average molecular weight is 211 g/mol. The molecular formula is C8H13N5O2. The molecule has 1 N–H and O–H groups in total. The highest BCUT2D eigenvalue weighted by molar-refractivity contribution is 5.08. The zero-order valence-corrected chi connectivity index (χ0v) is 8.46. The number of nitro groups is 1. The summed E-state index contributed by atoms with van der Waals surface area (Å²) in [6.07, 6.45) is 4.17. The molecule has 2 unspecified atom stereocenters. The smallest absolute Gasteiger partial charge is 0.358 e. The van der Waals surface area contributed by atoms with Crippen molar-refractivity contribution >= 4 is 5.82 Å². The Hall–Kier alpha value is -1.50. The Morgan fingerprint density at radius 2 is 2.47 bits per heavy atom. The zero-order valence-electron chi connectivity index (χ0n) is 8.46. The average Bonchev–Trinajstić information content (AvgIpc) is 2.86. The quantitative estimate of drug-likeness (QED) is 0.581. The fraction of sp³-hybridized carbons (Fsp3) is 0.750. The van der Waals surface area contributed by atoms with E-state index in [4.69, 9.17) is 0 Å². The summed E-state index contributed by atoms with van der Waals surface area (Å²) in [7, 11) is 1.92. The van der Waals surface area contributed by atoms with E-state index >= 15 is 0 Å². The first kappa shape index (κ1) is 10.0. The molecule has 1 fully saturated rings. The van der Waals surface area contributed by atoms with Crippen LogP contribution in [0, 0.1) is 10.1 Å². The molecule has 1 aliphatic rings. The molecule has 0 aliphatic heterocycles. The summed E-state index contributed by atoms with van der Waals surface area (Å²) in [6, 6.07) is 0.663. The molecule has 1 aliphatic carbocycles. The summed E-state index contributed by atoms with van der Waals surface area (Å²) in [5, 5.41) is 21.4. The Bertz CT molecular complexity index is 364. The van der Waals surface area contributed by atoms with Gasteiger partial charge in [-0.25, -0.2) is 0 Å². The van der Waals surface area contributed by atoms with Crippen molar-refractivity contribution in [1.82, 2.24) is 20.3 Å². The van der Waals surface area contributed by atoms with Gasteiger partial charge in [-0.15, -0.1) is 5.10 Å². The summed E-state index contributed by atoms with van der Waals surface area (Å²) in [4.78, 5) is 11.4. The molecule has 0 bridgehead atoms. The van der Waals surface area contributed by atoms with Crippen LogP contribution in [0.4, 0.5) is 5.82 Å². The highest BCUT2D eigenvalue weighted by Crippen LogP contribution is 2.28. The van der Waals surface area contributed by atoms with Gasteiger partial charge in [0.05, 0.1) is 11.1 Å². The number of nitrogens with one attached hydrogen (secondary N) is 1. The molecule has 1 saturated carbocycles. The SMILES string of the molecule is CNC1CCC(n2ncc([N+](=O)[O-])n2)C1. The van der Waals surface area contributed by atoms with Crippen LogP contribution in [0.25, 0.3) is 0 Å². The summed E-state index contributed by atoms with van der Waals surface area (Å²) in [5.41, 5.74) is 0. The van der Waals surface area contributed by atoms with Gasteiger partial charge in [-0.05, 0) is 31.2 Å². The Morgan fingerprint density at radius 1 is 1.67 bits per heavy atom. The van der Waals surface area contributed by atoms with Crippen molar-refractivity contribution < 1.29 is 4.92 Å². The number of hydrogen-bond donors (Lipinski definition) is 1. The van der Waals surface area contributed by atoms with E-state index in [9.17, 15) is 10.1 Å². The van der Waals surface area contributed by atoms with Crippen LogP contribution in [0.1, 0.15) is 25.3 Å². The number of nitrogens with zero attached hydrogens (tertiary/aromatic N) is 4. The molecule has 1 aromatic heterocycles.